The van der Waals surface area contributed by atoms with Crippen LogP contribution in [0.2, 0.25) is 0 Å². The van der Waals surface area contributed by atoms with Gasteiger partial charge in [-0.3, -0.25) is 4.79 Å². The Morgan fingerprint density at radius 3 is 2.74 bits per heavy atom. The molecule has 1 aliphatic carbocycles. The predicted octanol–water partition coefficient (Wildman–Crippen LogP) is 6.46. The Bertz CT molecular complexity index is 1330. The molecule has 2 aromatic carbocycles. The van der Waals surface area contributed by atoms with Crippen LogP contribution in [0.3, 0.4) is 0 Å². The summed E-state index contributed by atoms with van der Waals surface area (Å²) in [5.41, 5.74) is 4.26. The van der Waals surface area contributed by atoms with Gasteiger partial charge in [0, 0.05) is 4.88 Å². The van der Waals surface area contributed by atoms with Gasteiger partial charge >= 0.3 is 5.97 Å². The number of esters is 1. The summed E-state index contributed by atoms with van der Waals surface area (Å²) in [6, 6.07) is 18.0. The summed E-state index contributed by atoms with van der Waals surface area (Å²) in [6.45, 7) is 3.88. The van der Waals surface area contributed by atoms with E-state index in [0.717, 1.165) is 35.2 Å². The number of oxazole rings is 1. The molecule has 2 aromatic heterocycles. The van der Waals surface area contributed by atoms with Gasteiger partial charge in [-0.2, -0.15) is 0 Å². The van der Waals surface area contributed by atoms with Gasteiger partial charge in [0.25, 0.3) is 5.22 Å². The standard InChI is InChI=1S/C27H26N2O4S2/c1-3-32-26(31)23-19-14-13-18(17-9-5-4-6-10-17)15-22(19)35-25(23)29-24(30)16(2)34-27-28-20-11-7-8-12-21(20)33-27/h4-12,16,18H,3,13-15H2,1-2H3,(H,29,30). The first-order valence-corrected chi connectivity index (χ1v) is 13.4. The van der Waals surface area contributed by atoms with Crippen LogP contribution in [0.5, 0.6) is 0 Å². The highest BCUT2D eigenvalue weighted by atomic mass is 32.2. The number of benzene rings is 2. The topological polar surface area (TPSA) is 81.4 Å². The highest BCUT2D eigenvalue weighted by Gasteiger charge is 2.31. The Labute approximate surface area is 212 Å². The van der Waals surface area contributed by atoms with E-state index in [0.29, 0.717) is 27.3 Å². The van der Waals surface area contributed by atoms with Crippen molar-refractivity contribution in [1.82, 2.24) is 4.98 Å². The number of fused-ring (bicyclic) bond motifs is 2. The van der Waals surface area contributed by atoms with Crippen LogP contribution in [0.1, 0.15) is 52.5 Å². The monoisotopic (exact) mass is 506 g/mol. The maximum absolute atomic E-state index is 13.1. The number of carbonyl (C=O) groups is 2. The van der Waals surface area contributed by atoms with Gasteiger partial charge in [0.1, 0.15) is 10.5 Å². The zero-order valence-corrected chi connectivity index (χ0v) is 21.2. The third-order valence-electron chi connectivity index (χ3n) is 6.17. The molecule has 35 heavy (non-hydrogen) atoms. The van der Waals surface area contributed by atoms with Crippen LogP contribution < -0.4 is 5.32 Å². The summed E-state index contributed by atoms with van der Waals surface area (Å²) in [7, 11) is 0. The van der Waals surface area contributed by atoms with Crippen molar-refractivity contribution in [3.63, 3.8) is 0 Å². The van der Waals surface area contributed by atoms with E-state index >= 15 is 0 Å². The van der Waals surface area contributed by atoms with Gasteiger partial charge in [-0.1, -0.05) is 54.2 Å². The molecule has 0 saturated heterocycles. The summed E-state index contributed by atoms with van der Waals surface area (Å²) < 4.78 is 11.1. The number of anilines is 1. The number of nitrogens with zero attached hydrogens (tertiary/aromatic N) is 1. The molecule has 2 atom stereocenters. The SMILES string of the molecule is CCOC(=O)c1c(NC(=O)C(C)Sc2nc3ccccc3o2)sc2c1CCC(c1ccccc1)C2. The fraction of sp³-hybridized carbons (Fsp3) is 0.296. The quantitative estimate of drug-likeness (QED) is 0.229. The fourth-order valence-electron chi connectivity index (χ4n) is 4.42. The minimum absolute atomic E-state index is 0.207. The Hall–Kier alpha value is -3.10. The summed E-state index contributed by atoms with van der Waals surface area (Å²) >= 11 is 2.74. The second kappa shape index (κ2) is 10.3. The molecule has 0 fully saturated rings. The lowest BCUT2D eigenvalue weighted by Crippen LogP contribution is -2.23. The van der Waals surface area contributed by atoms with Gasteiger partial charge in [0.2, 0.25) is 5.91 Å². The van der Waals surface area contributed by atoms with Crippen LogP contribution in [0.4, 0.5) is 5.00 Å². The molecule has 0 bridgehead atoms. The Kier molecular flexibility index (Phi) is 6.92. The van der Waals surface area contributed by atoms with Crippen LogP contribution in [0.25, 0.3) is 11.1 Å². The minimum Gasteiger partial charge on any atom is -0.462 e. The largest absolute Gasteiger partial charge is 0.462 e. The third kappa shape index (κ3) is 4.99. The zero-order valence-electron chi connectivity index (χ0n) is 19.6. The van der Waals surface area contributed by atoms with Crippen LogP contribution in [0.15, 0.2) is 64.2 Å². The molecule has 0 radical (unpaired) electrons. The second-order valence-corrected chi connectivity index (χ2v) is 10.9. The lowest BCUT2D eigenvalue weighted by molar-refractivity contribution is -0.115. The average Bonchev–Trinajstić information content (AvgIpc) is 3.44. The molecule has 2 heterocycles. The minimum atomic E-state index is -0.464. The summed E-state index contributed by atoms with van der Waals surface area (Å²) in [5, 5.41) is 3.55. The second-order valence-electron chi connectivity index (χ2n) is 8.48. The van der Waals surface area contributed by atoms with E-state index in [1.807, 2.05) is 30.3 Å². The van der Waals surface area contributed by atoms with Gasteiger partial charge in [0.05, 0.1) is 17.4 Å². The van der Waals surface area contributed by atoms with E-state index in [9.17, 15) is 9.59 Å². The van der Waals surface area contributed by atoms with Crippen molar-refractivity contribution in [2.24, 2.45) is 0 Å². The highest BCUT2D eigenvalue weighted by Crippen LogP contribution is 2.43. The molecule has 1 amide bonds. The molecule has 0 aliphatic heterocycles. The van der Waals surface area contributed by atoms with Crippen molar-refractivity contribution in [2.75, 3.05) is 11.9 Å². The first kappa shape index (κ1) is 23.6. The summed E-state index contributed by atoms with van der Waals surface area (Å²) in [5.74, 6) is -0.187. The van der Waals surface area contributed by atoms with Crippen LogP contribution in [-0.2, 0) is 22.4 Å². The number of nitrogens with one attached hydrogen (secondary N) is 1. The normalized spacial score (nSPS) is 16.0. The van der Waals surface area contributed by atoms with Crippen molar-refractivity contribution < 1.29 is 18.7 Å². The first-order chi connectivity index (χ1) is 17.0. The van der Waals surface area contributed by atoms with E-state index < -0.39 is 5.25 Å². The molecule has 4 aromatic rings. The molecule has 5 rings (SSSR count). The Morgan fingerprint density at radius 1 is 1.20 bits per heavy atom. The number of aromatic nitrogens is 1. The number of rotatable bonds is 7. The lowest BCUT2D eigenvalue weighted by Gasteiger charge is -2.23. The number of thiophene rings is 1. The van der Waals surface area contributed by atoms with Crippen molar-refractivity contribution in [3.8, 4) is 0 Å². The van der Waals surface area contributed by atoms with E-state index in [1.165, 1.54) is 28.7 Å². The highest BCUT2D eigenvalue weighted by molar-refractivity contribution is 8.00. The summed E-state index contributed by atoms with van der Waals surface area (Å²) in [6.07, 6.45) is 2.58. The van der Waals surface area contributed by atoms with Gasteiger partial charge in [-0.25, -0.2) is 9.78 Å². The number of amides is 1. The number of hydrogen-bond donors (Lipinski definition) is 1. The van der Waals surface area contributed by atoms with Gasteiger partial charge in [-0.15, -0.1) is 11.3 Å². The molecule has 1 N–H and O–H groups in total. The van der Waals surface area contributed by atoms with Gasteiger partial charge < -0.3 is 14.5 Å². The predicted molar refractivity (Wildman–Crippen MR) is 139 cm³/mol. The van der Waals surface area contributed by atoms with Crippen LogP contribution in [0, 0.1) is 0 Å². The van der Waals surface area contributed by atoms with Gasteiger partial charge in [0.15, 0.2) is 5.58 Å². The third-order valence-corrected chi connectivity index (χ3v) is 8.29. The van der Waals surface area contributed by atoms with Crippen LogP contribution >= 0.6 is 23.1 Å². The van der Waals surface area contributed by atoms with Crippen molar-refractivity contribution in [1.29, 1.82) is 0 Å². The molecular formula is C27H26N2O4S2. The number of thioether (sulfide) groups is 1. The molecule has 180 valence electrons. The number of hydrogen-bond acceptors (Lipinski definition) is 7. The number of carbonyl (C=O) groups excluding carboxylic acids is 2. The molecule has 1 aliphatic rings. The van der Waals surface area contributed by atoms with E-state index in [4.69, 9.17) is 9.15 Å². The first-order valence-electron chi connectivity index (χ1n) is 11.7. The molecule has 6 nitrogen and oxygen atoms in total. The van der Waals surface area contributed by atoms with Crippen molar-refractivity contribution in [2.45, 2.75) is 49.5 Å². The van der Waals surface area contributed by atoms with Gasteiger partial charge in [-0.05, 0) is 62.3 Å². The maximum Gasteiger partial charge on any atom is 0.341 e. The van der Waals surface area contributed by atoms with E-state index in [-0.39, 0.29) is 18.5 Å². The number of ether oxygens (including phenoxy) is 1. The van der Waals surface area contributed by atoms with E-state index in [2.05, 4.69) is 34.6 Å². The lowest BCUT2D eigenvalue weighted by atomic mass is 9.83. The smallest absolute Gasteiger partial charge is 0.341 e. The molecular weight excluding hydrogens is 480 g/mol. The molecule has 0 saturated carbocycles. The van der Waals surface area contributed by atoms with Crippen molar-refractivity contribution >= 4 is 51.1 Å². The fourth-order valence-corrected chi connectivity index (χ4v) is 6.50. The Morgan fingerprint density at radius 2 is 1.97 bits per heavy atom. The number of para-hydroxylation sites is 2. The van der Waals surface area contributed by atoms with Crippen molar-refractivity contribution in [3.05, 3.63) is 76.2 Å². The maximum atomic E-state index is 13.1. The van der Waals surface area contributed by atoms with Crippen LogP contribution in [-0.4, -0.2) is 28.7 Å². The molecule has 8 heteroatoms. The molecule has 0 spiro atoms. The molecule has 2 unspecified atom stereocenters. The zero-order chi connectivity index (χ0) is 24.4. The summed E-state index contributed by atoms with van der Waals surface area (Å²) in [4.78, 5) is 31.6. The average molecular weight is 507 g/mol. The Balaban J connectivity index is 1.36. The van der Waals surface area contributed by atoms with E-state index in [1.54, 1.807) is 13.8 Å².